The van der Waals surface area contributed by atoms with Crippen LogP contribution < -0.4 is 14.2 Å². The fourth-order valence-corrected chi connectivity index (χ4v) is 6.08. The van der Waals surface area contributed by atoms with Crippen molar-refractivity contribution in [2.45, 2.75) is 110 Å². The van der Waals surface area contributed by atoms with E-state index in [2.05, 4.69) is 28.0 Å². The van der Waals surface area contributed by atoms with Gasteiger partial charge in [0.2, 0.25) is 11.8 Å². The van der Waals surface area contributed by atoms with Crippen molar-refractivity contribution in [3.8, 4) is 29.5 Å². The van der Waals surface area contributed by atoms with E-state index in [1.165, 1.54) is 6.07 Å². The largest absolute Gasteiger partial charge is 0.488 e. The van der Waals surface area contributed by atoms with E-state index >= 15 is 0 Å². The molecule has 0 bridgehead atoms. The summed E-state index contributed by atoms with van der Waals surface area (Å²) in [5, 5.41) is 18.1. The first-order chi connectivity index (χ1) is 24.4. The third-order valence-electron chi connectivity index (χ3n) is 8.40. The van der Waals surface area contributed by atoms with Crippen molar-refractivity contribution >= 4 is 12.2 Å². The van der Waals surface area contributed by atoms with E-state index < -0.39 is 23.2 Å². The molecule has 282 valence electrons. The molecule has 0 aliphatic carbocycles. The highest BCUT2D eigenvalue weighted by atomic mass is 19.1. The van der Waals surface area contributed by atoms with E-state index in [-0.39, 0.29) is 41.5 Å². The lowest BCUT2D eigenvalue weighted by Crippen LogP contribution is -2.38. The van der Waals surface area contributed by atoms with E-state index in [0.29, 0.717) is 56.7 Å². The highest BCUT2D eigenvalue weighted by Crippen LogP contribution is 2.27. The van der Waals surface area contributed by atoms with Gasteiger partial charge >= 0.3 is 12.2 Å². The Hall–Kier alpha value is -4.89. The summed E-state index contributed by atoms with van der Waals surface area (Å²) in [6, 6.07) is 10.0. The Morgan fingerprint density at radius 2 is 1.31 bits per heavy atom. The predicted octanol–water partition coefficient (Wildman–Crippen LogP) is 5.68. The summed E-state index contributed by atoms with van der Waals surface area (Å²) in [5.74, 6) is 0.384. The number of ether oxygens (including phenoxy) is 5. The molecule has 52 heavy (non-hydrogen) atoms. The Morgan fingerprint density at radius 1 is 0.808 bits per heavy atom. The van der Waals surface area contributed by atoms with Crippen LogP contribution in [0.15, 0.2) is 24.3 Å². The van der Waals surface area contributed by atoms with Gasteiger partial charge < -0.3 is 33.5 Å². The second-order valence-electron chi connectivity index (χ2n) is 15.2. The number of nitrogens with zero attached hydrogens (tertiary/aromatic N) is 7. The van der Waals surface area contributed by atoms with Gasteiger partial charge in [0.25, 0.3) is 0 Å². The number of carbonyl (C=O) groups excluding carboxylic acids is 2. The van der Waals surface area contributed by atoms with Gasteiger partial charge in [0.1, 0.15) is 64.5 Å². The molecule has 3 aliphatic rings. The smallest absolute Gasteiger partial charge is 0.410 e. The van der Waals surface area contributed by atoms with Gasteiger partial charge in [0.05, 0.1) is 13.1 Å². The zero-order chi connectivity index (χ0) is 38.2. The summed E-state index contributed by atoms with van der Waals surface area (Å²) in [4.78, 5) is 37.4. The fraction of sp³-hybridized carbons (Fsp3) is 0.622. The summed E-state index contributed by atoms with van der Waals surface area (Å²) in [6.07, 6.45) is 2.36. The third-order valence-corrected chi connectivity index (χ3v) is 8.40. The quantitative estimate of drug-likeness (QED) is 0.322. The number of pyridine rings is 2. The summed E-state index contributed by atoms with van der Waals surface area (Å²) in [6.45, 7) is 15.9. The van der Waals surface area contributed by atoms with E-state index in [1.54, 1.807) is 48.8 Å². The molecule has 0 saturated carbocycles. The minimum absolute atomic E-state index is 0.0408. The molecule has 3 saturated heterocycles. The van der Waals surface area contributed by atoms with Crippen molar-refractivity contribution in [3.63, 3.8) is 0 Å². The highest BCUT2D eigenvalue weighted by Gasteiger charge is 2.33. The average molecular weight is 724 g/mol. The van der Waals surface area contributed by atoms with Gasteiger partial charge in [0.15, 0.2) is 0 Å². The van der Waals surface area contributed by atoms with Gasteiger partial charge in [-0.05, 0) is 74.9 Å². The van der Waals surface area contributed by atoms with Crippen LogP contribution in [0.25, 0.3) is 0 Å². The number of likely N-dealkylation sites (tertiary alicyclic amines) is 3. The number of rotatable bonds is 7. The van der Waals surface area contributed by atoms with Crippen molar-refractivity contribution in [3.05, 3.63) is 41.6 Å². The Balaban J connectivity index is 0.000000244. The summed E-state index contributed by atoms with van der Waals surface area (Å²) in [7, 11) is 2.10. The first-order valence-corrected chi connectivity index (χ1v) is 17.6. The molecule has 5 rings (SSSR count). The summed E-state index contributed by atoms with van der Waals surface area (Å²) < 4.78 is 41.7. The third kappa shape index (κ3) is 12.1. The second-order valence-corrected chi connectivity index (χ2v) is 15.2. The van der Waals surface area contributed by atoms with Gasteiger partial charge in [-0.2, -0.15) is 14.9 Å². The van der Waals surface area contributed by atoms with Crippen LogP contribution in [0.2, 0.25) is 0 Å². The molecule has 14 nitrogen and oxygen atoms in total. The number of halogens is 1. The van der Waals surface area contributed by atoms with E-state index in [0.717, 1.165) is 25.5 Å². The van der Waals surface area contributed by atoms with E-state index in [1.807, 2.05) is 27.7 Å². The van der Waals surface area contributed by atoms with Gasteiger partial charge in [-0.15, -0.1) is 0 Å². The molecule has 0 unspecified atom stereocenters. The van der Waals surface area contributed by atoms with Gasteiger partial charge in [-0.25, -0.2) is 19.6 Å². The monoisotopic (exact) mass is 723 g/mol. The molecule has 2 aromatic rings. The van der Waals surface area contributed by atoms with Crippen LogP contribution in [-0.2, 0) is 9.47 Å². The Morgan fingerprint density at radius 3 is 1.77 bits per heavy atom. The molecule has 4 atom stereocenters. The molecule has 2 amide bonds. The second kappa shape index (κ2) is 17.1. The molecule has 2 aromatic heterocycles. The zero-order valence-corrected chi connectivity index (χ0v) is 31.3. The highest BCUT2D eigenvalue weighted by molar-refractivity contribution is 5.69. The molecule has 5 heterocycles. The molecule has 0 N–H and O–H groups in total. The topological polar surface area (TPSA) is 163 Å². The molecule has 0 aromatic carbocycles. The maximum Gasteiger partial charge on any atom is 0.410 e. The maximum absolute atomic E-state index is 13.3. The number of amides is 2. The maximum atomic E-state index is 13.3. The van der Waals surface area contributed by atoms with Gasteiger partial charge in [-0.1, -0.05) is 0 Å². The molecule has 3 fully saturated rings. The van der Waals surface area contributed by atoms with Crippen LogP contribution >= 0.6 is 0 Å². The van der Waals surface area contributed by atoms with E-state index in [9.17, 15) is 19.2 Å². The van der Waals surface area contributed by atoms with E-state index in [4.69, 9.17) is 28.9 Å². The number of hydrogen-bond acceptors (Lipinski definition) is 12. The lowest BCUT2D eigenvalue weighted by Gasteiger charge is -2.26. The van der Waals surface area contributed by atoms with Crippen LogP contribution in [-0.4, -0.2) is 112 Å². The molecular formula is C37H50FN7O7. The number of hydrogen-bond donors (Lipinski definition) is 0. The Bertz CT molecular complexity index is 1650. The molecule has 0 radical (unpaired) electrons. The van der Waals surface area contributed by atoms with Crippen LogP contribution in [0.5, 0.6) is 17.4 Å². The summed E-state index contributed by atoms with van der Waals surface area (Å²) >= 11 is 0. The van der Waals surface area contributed by atoms with Crippen LogP contribution in [0.4, 0.5) is 14.0 Å². The molecule has 15 heteroatoms. The normalized spacial score (nSPS) is 20.9. The SMILES string of the molecule is CC(C)(C)OC(=O)N1CC[C@H](Oc2cc(F)nc(C#N)c2)C1.C[C@H](Oc1cc(O[C@H]2CCN(C(=O)OC(C)(C)C)C2)cc(C#N)n1)[C@@H]1CCCN1C. The van der Waals surface area contributed by atoms with Crippen molar-refractivity contribution in [2.75, 3.05) is 39.8 Å². The number of nitriles is 2. The first kappa shape index (κ1) is 39.9. The minimum atomic E-state index is -0.768. The van der Waals surface area contributed by atoms with Gasteiger partial charge in [-0.3, -0.25) is 4.90 Å². The molecular weight excluding hydrogens is 673 g/mol. The van der Waals surface area contributed by atoms with Crippen LogP contribution in [0.1, 0.15) is 85.5 Å². The van der Waals surface area contributed by atoms with Crippen molar-refractivity contribution < 1.29 is 37.7 Å². The van der Waals surface area contributed by atoms with Crippen LogP contribution in [0.3, 0.4) is 0 Å². The zero-order valence-electron chi connectivity index (χ0n) is 31.3. The summed E-state index contributed by atoms with van der Waals surface area (Å²) in [5.41, 5.74) is -0.876. The van der Waals surface area contributed by atoms with Crippen molar-refractivity contribution in [1.82, 2.24) is 24.7 Å². The Kier molecular flexibility index (Phi) is 13.1. The number of likely N-dealkylation sites (N-methyl/N-ethyl adjacent to an activating group) is 1. The lowest BCUT2D eigenvalue weighted by molar-refractivity contribution is 0.0266. The van der Waals surface area contributed by atoms with Crippen LogP contribution in [0, 0.1) is 28.6 Å². The first-order valence-electron chi connectivity index (χ1n) is 17.6. The standard InChI is InChI=1S/C22H32N4O4.C15H18FN3O3/c1-15(19-7-6-9-25(19)5)28-20-12-18(11-16(13-23)24-20)29-17-8-10-26(14-17)21(27)30-22(2,3)4;1-15(2,3)22-14(20)19-5-4-11(9-19)21-12-6-10(8-17)18-13(16)7-12/h11-12,15,17,19H,6-10,14H2,1-5H3;6-7,11H,4-5,9H2,1-3H3/t15-,17-,19-;11-/m00/s1. The predicted molar refractivity (Wildman–Crippen MR) is 187 cm³/mol. The van der Waals surface area contributed by atoms with Crippen molar-refractivity contribution in [2.24, 2.45) is 0 Å². The van der Waals surface area contributed by atoms with Crippen molar-refractivity contribution in [1.29, 1.82) is 10.5 Å². The van der Waals surface area contributed by atoms with Gasteiger partial charge in [0, 0.05) is 56.2 Å². The minimum Gasteiger partial charge on any atom is -0.488 e. The number of aromatic nitrogens is 2. The Labute approximate surface area is 305 Å². The molecule has 3 aliphatic heterocycles. The average Bonchev–Trinajstić information content (AvgIpc) is 3.81. The number of carbonyl (C=O) groups is 2. The fourth-order valence-electron chi connectivity index (χ4n) is 6.08. The lowest BCUT2D eigenvalue weighted by atomic mass is 10.1. The molecule has 0 spiro atoms.